The molecule has 1 aromatic heterocycles. The molecule has 0 saturated carbocycles. The molecule has 0 bridgehead atoms. The highest BCUT2D eigenvalue weighted by Gasteiger charge is 2.24. The van der Waals surface area contributed by atoms with Crippen molar-refractivity contribution in [3.05, 3.63) is 23.2 Å². The number of hydrogen-bond acceptors (Lipinski definition) is 4. The van der Waals surface area contributed by atoms with Gasteiger partial charge in [-0.1, -0.05) is 0 Å². The maximum absolute atomic E-state index is 11.9. The van der Waals surface area contributed by atoms with E-state index < -0.39 is 5.97 Å². The number of carbonyl (C=O) groups is 3. The van der Waals surface area contributed by atoms with Crippen LogP contribution in [0.4, 0.5) is 4.79 Å². The quantitative estimate of drug-likeness (QED) is 0.833. The highest BCUT2D eigenvalue weighted by atomic mass is 16.4. The Hall–Kier alpha value is -2.51. The number of piperazine rings is 1. The number of likely N-dealkylation sites (N-methyl/N-ethyl adjacent to an activating group) is 1. The topological polar surface area (TPSA) is 103 Å². The van der Waals surface area contributed by atoms with Gasteiger partial charge >= 0.3 is 12.0 Å². The van der Waals surface area contributed by atoms with Crippen LogP contribution in [0, 0.1) is 6.92 Å². The third kappa shape index (κ3) is 3.33. The lowest BCUT2D eigenvalue weighted by atomic mass is 10.2. The Morgan fingerprint density at radius 1 is 1.43 bits per heavy atom. The Bertz CT molecular complexity index is 580. The van der Waals surface area contributed by atoms with Crippen LogP contribution in [-0.4, -0.2) is 59.5 Å². The third-order valence-corrected chi connectivity index (χ3v) is 3.36. The first-order chi connectivity index (χ1) is 9.88. The van der Waals surface area contributed by atoms with Gasteiger partial charge in [0.05, 0.1) is 6.54 Å². The average molecular weight is 295 g/mol. The van der Waals surface area contributed by atoms with Crippen LogP contribution in [0.5, 0.6) is 0 Å². The van der Waals surface area contributed by atoms with Crippen molar-refractivity contribution < 1.29 is 23.9 Å². The Kier molecular flexibility index (Phi) is 4.15. The van der Waals surface area contributed by atoms with Gasteiger partial charge < -0.3 is 24.6 Å². The number of urea groups is 1. The van der Waals surface area contributed by atoms with Gasteiger partial charge in [0.1, 0.15) is 23.6 Å². The second-order valence-corrected chi connectivity index (χ2v) is 4.88. The maximum atomic E-state index is 11.9. The summed E-state index contributed by atoms with van der Waals surface area (Å²) >= 11 is 0. The zero-order valence-corrected chi connectivity index (χ0v) is 11.9. The molecule has 0 radical (unpaired) electrons. The van der Waals surface area contributed by atoms with Crippen molar-refractivity contribution >= 4 is 17.9 Å². The van der Waals surface area contributed by atoms with E-state index in [4.69, 9.17) is 9.52 Å². The normalized spacial score (nSPS) is 15.2. The first-order valence-electron chi connectivity index (χ1n) is 6.48. The van der Waals surface area contributed by atoms with E-state index in [9.17, 15) is 14.4 Å². The van der Waals surface area contributed by atoms with Gasteiger partial charge in [0.15, 0.2) is 0 Å². The minimum Gasteiger partial charge on any atom is -0.478 e. The van der Waals surface area contributed by atoms with Gasteiger partial charge in [-0.2, -0.15) is 0 Å². The van der Waals surface area contributed by atoms with Gasteiger partial charge in [0.2, 0.25) is 5.91 Å². The fraction of sp³-hybridized carbons (Fsp3) is 0.462. The lowest BCUT2D eigenvalue weighted by Crippen LogP contribution is -2.53. The highest BCUT2D eigenvalue weighted by molar-refractivity contribution is 5.89. The number of carbonyl (C=O) groups excluding carboxylic acids is 2. The van der Waals surface area contributed by atoms with Gasteiger partial charge in [-0.15, -0.1) is 0 Å². The van der Waals surface area contributed by atoms with E-state index in [1.165, 1.54) is 11.0 Å². The summed E-state index contributed by atoms with van der Waals surface area (Å²) in [5, 5.41) is 11.5. The van der Waals surface area contributed by atoms with Gasteiger partial charge in [-0.3, -0.25) is 4.79 Å². The van der Waals surface area contributed by atoms with Crippen LogP contribution in [-0.2, 0) is 11.3 Å². The summed E-state index contributed by atoms with van der Waals surface area (Å²) < 4.78 is 5.26. The van der Waals surface area contributed by atoms with Crippen molar-refractivity contribution in [1.82, 2.24) is 15.1 Å². The number of nitrogens with zero attached hydrogens (tertiary/aromatic N) is 2. The zero-order valence-electron chi connectivity index (χ0n) is 11.9. The molecule has 0 spiro atoms. The molecule has 8 heteroatoms. The van der Waals surface area contributed by atoms with Crippen LogP contribution in [0.3, 0.4) is 0 Å². The summed E-state index contributed by atoms with van der Waals surface area (Å²) in [5.74, 6) is -0.530. The molecule has 1 aliphatic heterocycles. The molecule has 2 rings (SSSR count). The van der Waals surface area contributed by atoms with Crippen LogP contribution in [0.2, 0.25) is 0 Å². The molecule has 114 valence electrons. The molecule has 2 heterocycles. The third-order valence-electron chi connectivity index (χ3n) is 3.36. The molecule has 0 aromatic carbocycles. The lowest BCUT2D eigenvalue weighted by Gasteiger charge is -2.31. The molecule has 0 atom stereocenters. The van der Waals surface area contributed by atoms with Crippen LogP contribution in [0.1, 0.15) is 21.9 Å². The minimum absolute atomic E-state index is 0.0416. The molecule has 1 aromatic rings. The van der Waals surface area contributed by atoms with E-state index in [2.05, 4.69) is 5.32 Å². The molecule has 0 unspecified atom stereocenters. The number of carboxylic acid groups (broad SMARTS) is 1. The first kappa shape index (κ1) is 14.9. The number of amides is 3. The zero-order chi connectivity index (χ0) is 15.6. The van der Waals surface area contributed by atoms with Crippen molar-refractivity contribution in [3.63, 3.8) is 0 Å². The number of hydrogen-bond donors (Lipinski definition) is 2. The predicted octanol–water partition coefficient (Wildman–Crippen LogP) is 0.270. The monoisotopic (exact) mass is 295 g/mol. The van der Waals surface area contributed by atoms with E-state index in [0.717, 1.165) is 0 Å². The SMILES string of the molecule is Cc1oc(CNC(=O)N2CCN(C)C(=O)C2)cc1C(=O)O. The van der Waals surface area contributed by atoms with Crippen LogP contribution in [0.25, 0.3) is 0 Å². The summed E-state index contributed by atoms with van der Waals surface area (Å²) in [6.45, 7) is 2.63. The number of rotatable bonds is 3. The van der Waals surface area contributed by atoms with Crippen molar-refractivity contribution in [2.75, 3.05) is 26.7 Å². The smallest absolute Gasteiger partial charge is 0.339 e. The molecular weight excluding hydrogens is 278 g/mol. The fourth-order valence-corrected chi connectivity index (χ4v) is 2.05. The highest BCUT2D eigenvalue weighted by Crippen LogP contribution is 2.14. The second-order valence-electron chi connectivity index (χ2n) is 4.88. The van der Waals surface area contributed by atoms with E-state index in [-0.39, 0.29) is 30.6 Å². The van der Waals surface area contributed by atoms with Crippen molar-refractivity contribution in [3.8, 4) is 0 Å². The number of nitrogens with one attached hydrogen (secondary N) is 1. The van der Waals surface area contributed by atoms with Gasteiger partial charge in [0, 0.05) is 20.1 Å². The number of furan rings is 1. The van der Waals surface area contributed by atoms with E-state index in [0.29, 0.717) is 24.6 Å². The molecule has 3 amide bonds. The molecule has 1 aliphatic rings. The maximum Gasteiger partial charge on any atom is 0.339 e. The lowest BCUT2D eigenvalue weighted by molar-refractivity contribution is -0.133. The Morgan fingerprint density at radius 3 is 2.71 bits per heavy atom. The standard InChI is InChI=1S/C13H17N3O5/c1-8-10(12(18)19)5-9(21-8)6-14-13(20)16-4-3-15(2)11(17)7-16/h5H,3-4,6-7H2,1-2H3,(H,14,20)(H,18,19). The van der Waals surface area contributed by atoms with Crippen molar-refractivity contribution in [2.24, 2.45) is 0 Å². The molecule has 21 heavy (non-hydrogen) atoms. The minimum atomic E-state index is -1.07. The predicted molar refractivity (Wildman–Crippen MR) is 71.9 cm³/mol. The molecule has 0 aliphatic carbocycles. The van der Waals surface area contributed by atoms with Crippen molar-refractivity contribution in [1.29, 1.82) is 0 Å². The second kappa shape index (κ2) is 5.86. The molecule has 1 fully saturated rings. The van der Waals surface area contributed by atoms with Gasteiger partial charge in [-0.25, -0.2) is 9.59 Å². The molecule has 8 nitrogen and oxygen atoms in total. The number of aromatic carboxylic acids is 1. The van der Waals surface area contributed by atoms with Crippen molar-refractivity contribution in [2.45, 2.75) is 13.5 Å². The van der Waals surface area contributed by atoms with Crippen LogP contribution in [0.15, 0.2) is 10.5 Å². The molecular formula is C13H17N3O5. The Labute approximate surface area is 121 Å². The van der Waals surface area contributed by atoms with E-state index in [1.54, 1.807) is 18.9 Å². The van der Waals surface area contributed by atoms with Gasteiger partial charge in [-0.05, 0) is 13.0 Å². The Morgan fingerprint density at radius 2 is 2.14 bits per heavy atom. The van der Waals surface area contributed by atoms with Crippen LogP contribution >= 0.6 is 0 Å². The largest absolute Gasteiger partial charge is 0.478 e. The fourth-order valence-electron chi connectivity index (χ4n) is 2.05. The number of carboxylic acids is 1. The first-order valence-corrected chi connectivity index (χ1v) is 6.48. The van der Waals surface area contributed by atoms with Crippen LogP contribution < -0.4 is 5.32 Å². The summed E-state index contributed by atoms with van der Waals surface area (Å²) in [7, 11) is 1.69. The molecule has 1 saturated heterocycles. The molecule has 2 N–H and O–H groups in total. The summed E-state index contributed by atoms with van der Waals surface area (Å²) in [5.41, 5.74) is 0.0778. The van der Waals surface area contributed by atoms with E-state index in [1.807, 2.05) is 0 Å². The summed E-state index contributed by atoms with van der Waals surface area (Å²) in [6, 6.07) is 1.01. The Balaban J connectivity index is 1.91. The summed E-state index contributed by atoms with van der Waals surface area (Å²) in [4.78, 5) is 37.3. The number of aryl methyl sites for hydroxylation is 1. The van der Waals surface area contributed by atoms with E-state index >= 15 is 0 Å². The average Bonchev–Trinajstić information content (AvgIpc) is 2.80. The van der Waals surface area contributed by atoms with Gasteiger partial charge in [0.25, 0.3) is 0 Å². The summed E-state index contributed by atoms with van der Waals surface area (Å²) in [6.07, 6.45) is 0.